The second-order valence-electron chi connectivity index (χ2n) is 4.38. The molecule has 1 N–H and O–H groups in total. The maximum atomic E-state index is 5.56. The molecule has 0 saturated heterocycles. The summed E-state index contributed by atoms with van der Waals surface area (Å²) in [6.45, 7) is 5.93. The van der Waals surface area contributed by atoms with Crippen LogP contribution in [0.2, 0.25) is 0 Å². The molecule has 2 aromatic rings. The van der Waals surface area contributed by atoms with E-state index in [9.17, 15) is 0 Å². The van der Waals surface area contributed by atoms with Crippen LogP contribution in [-0.4, -0.2) is 11.5 Å². The standard InChI is InChI=1S/C15H20N2O2/c1-3-9-16-10-13-11-18-15(17-13)19-14-7-5-12(4-2)6-8-14/h5-8,11,16H,3-4,9-10H2,1-2H3. The minimum absolute atomic E-state index is 0.289. The molecule has 0 saturated carbocycles. The number of aromatic nitrogens is 1. The molecule has 19 heavy (non-hydrogen) atoms. The Balaban J connectivity index is 1.91. The fraction of sp³-hybridized carbons (Fsp3) is 0.400. The lowest BCUT2D eigenvalue weighted by atomic mass is 10.2. The lowest BCUT2D eigenvalue weighted by Crippen LogP contribution is -2.13. The number of hydrogen-bond acceptors (Lipinski definition) is 4. The Morgan fingerprint density at radius 1 is 1.21 bits per heavy atom. The van der Waals surface area contributed by atoms with Crippen LogP contribution in [0.3, 0.4) is 0 Å². The van der Waals surface area contributed by atoms with Gasteiger partial charge in [-0.1, -0.05) is 26.0 Å². The summed E-state index contributed by atoms with van der Waals surface area (Å²) in [5, 5.41) is 3.27. The maximum Gasteiger partial charge on any atom is 0.399 e. The normalized spacial score (nSPS) is 10.6. The highest BCUT2D eigenvalue weighted by molar-refractivity contribution is 5.28. The van der Waals surface area contributed by atoms with Crippen LogP contribution in [0, 0.1) is 0 Å². The summed E-state index contributed by atoms with van der Waals surface area (Å²) < 4.78 is 10.8. The molecule has 0 bridgehead atoms. The Labute approximate surface area is 113 Å². The van der Waals surface area contributed by atoms with Gasteiger partial charge in [-0.2, -0.15) is 4.98 Å². The Morgan fingerprint density at radius 2 is 2.00 bits per heavy atom. The van der Waals surface area contributed by atoms with Gasteiger partial charge in [0, 0.05) is 6.54 Å². The van der Waals surface area contributed by atoms with Gasteiger partial charge in [-0.05, 0) is 37.1 Å². The van der Waals surface area contributed by atoms with Crippen molar-refractivity contribution in [2.45, 2.75) is 33.2 Å². The first-order chi connectivity index (χ1) is 9.31. The lowest BCUT2D eigenvalue weighted by molar-refractivity contribution is 0.330. The summed E-state index contributed by atoms with van der Waals surface area (Å²) in [4.78, 5) is 4.27. The van der Waals surface area contributed by atoms with Gasteiger partial charge in [0.05, 0.1) is 5.69 Å². The third-order valence-electron chi connectivity index (χ3n) is 2.80. The van der Waals surface area contributed by atoms with Crippen molar-refractivity contribution >= 4 is 0 Å². The lowest BCUT2D eigenvalue weighted by Gasteiger charge is -2.01. The van der Waals surface area contributed by atoms with E-state index in [1.807, 2.05) is 24.3 Å². The molecule has 0 spiro atoms. The monoisotopic (exact) mass is 260 g/mol. The van der Waals surface area contributed by atoms with Crippen LogP contribution in [0.25, 0.3) is 0 Å². The van der Waals surface area contributed by atoms with Crippen molar-refractivity contribution in [3.8, 4) is 11.8 Å². The number of nitrogens with zero attached hydrogens (tertiary/aromatic N) is 1. The fourth-order valence-corrected chi connectivity index (χ4v) is 1.70. The zero-order chi connectivity index (χ0) is 13.5. The summed E-state index contributed by atoms with van der Waals surface area (Å²) in [5.74, 6) is 0.743. The Morgan fingerprint density at radius 3 is 2.68 bits per heavy atom. The van der Waals surface area contributed by atoms with Crippen molar-refractivity contribution in [3.05, 3.63) is 41.8 Å². The van der Waals surface area contributed by atoms with E-state index in [0.717, 1.165) is 30.8 Å². The van der Waals surface area contributed by atoms with Crippen LogP contribution in [0.15, 0.2) is 34.9 Å². The summed E-state index contributed by atoms with van der Waals surface area (Å²) in [6, 6.07) is 7.94. The maximum absolute atomic E-state index is 5.56. The topological polar surface area (TPSA) is 47.3 Å². The molecule has 0 amide bonds. The molecule has 1 aromatic carbocycles. The van der Waals surface area contributed by atoms with Crippen molar-refractivity contribution in [2.75, 3.05) is 6.54 Å². The SMILES string of the molecule is CCCNCc1coc(Oc2ccc(CC)cc2)n1. The van der Waals surface area contributed by atoms with Gasteiger partial charge in [-0.25, -0.2) is 0 Å². The highest BCUT2D eigenvalue weighted by Gasteiger charge is 2.06. The molecule has 4 heteroatoms. The highest BCUT2D eigenvalue weighted by atomic mass is 16.6. The van der Waals surface area contributed by atoms with Crippen LogP contribution >= 0.6 is 0 Å². The number of aryl methyl sites for hydroxylation is 1. The number of benzene rings is 1. The van der Waals surface area contributed by atoms with Gasteiger partial charge < -0.3 is 14.5 Å². The number of rotatable bonds is 7. The first-order valence-corrected chi connectivity index (χ1v) is 6.73. The molecule has 2 rings (SSSR count). The molecule has 0 aliphatic heterocycles. The Bertz CT molecular complexity index is 491. The smallest absolute Gasteiger partial charge is 0.399 e. The fourth-order valence-electron chi connectivity index (χ4n) is 1.70. The van der Waals surface area contributed by atoms with Gasteiger partial charge in [0.15, 0.2) is 0 Å². The van der Waals surface area contributed by atoms with E-state index in [1.165, 1.54) is 5.56 Å². The van der Waals surface area contributed by atoms with Crippen molar-refractivity contribution in [3.63, 3.8) is 0 Å². The summed E-state index contributed by atoms with van der Waals surface area (Å²) >= 11 is 0. The van der Waals surface area contributed by atoms with Crippen LogP contribution < -0.4 is 10.1 Å². The number of oxazole rings is 1. The van der Waals surface area contributed by atoms with Crippen molar-refractivity contribution < 1.29 is 9.15 Å². The van der Waals surface area contributed by atoms with E-state index < -0.39 is 0 Å². The average molecular weight is 260 g/mol. The molecule has 1 aromatic heterocycles. The second-order valence-corrected chi connectivity index (χ2v) is 4.38. The summed E-state index contributed by atoms with van der Waals surface area (Å²) in [6.07, 6.45) is 4.04. The van der Waals surface area contributed by atoms with Crippen molar-refractivity contribution in [1.82, 2.24) is 10.3 Å². The second kappa shape index (κ2) is 6.95. The number of hydrogen-bond donors (Lipinski definition) is 1. The van der Waals surface area contributed by atoms with E-state index >= 15 is 0 Å². The molecule has 0 atom stereocenters. The first-order valence-electron chi connectivity index (χ1n) is 6.73. The van der Waals surface area contributed by atoms with Crippen molar-refractivity contribution in [1.29, 1.82) is 0 Å². The highest BCUT2D eigenvalue weighted by Crippen LogP contribution is 2.21. The minimum Gasteiger partial charge on any atom is -0.417 e. The van der Waals surface area contributed by atoms with E-state index in [4.69, 9.17) is 9.15 Å². The van der Waals surface area contributed by atoms with Gasteiger partial charge in [0.25, 0.3) is 0 Å². The molecule has 1 heterocycles. The minimum atomic E-state index is 0.289. The molecule has 0 radical (unpaired) electrons. The van der Waals surface area contributed by atoms with Gasteiger partial charge >= 0.3 is 6.08 Å². The third-order valence-corrected chi connectivity index (χ3v) is 2.80. The van der Waals surface area contributed by atoms with Crippen LogP contribution in [0.5, 0.6) is 11.8 Å². The van der Waals surface area contributed by atoms with E-state index in [2.05, 4.69) is 24.1 Å². The largest absolute Gasteiger partial charge is 0.417 e. The van der Waals surface area contributed by atoms with Gasteiger partial charge in [0.1, 0.15) is 12.0 Å². The molecule has 102 valence electrons. The number of ether oxygens (including phenoxy) is 1. The summed E-state index contributed by atoms with van der Waals surface area (Å²) in [5.41, 5.74) is 2.14. The third kappa shape index (κ3) is 4.10. The first kappa shape index (κ1) is 13.6. The van der Waals surface area contributed by atoms with Crippen LogP contribution in [0.4, 0.5) is 0 Å². The van der Waals surface area contributed by atoms with E-state index in [0.29, 0.717) is 6.54 Å². The van der Waals surface area contributed by atoms with E-state index in [1.54, 1.807) is 6.26 Å². The molecular weight excluding hydrogens is 240 g/mol. The van der Waals surface area contributed by atoms with Crippen LogP contribution in [0.1, 0.15) is 31.5 Å². The Hall–Kier alpha value is -1.81. The van der Waals surface area contributed by atoms with Gasteiger partial charge in [0.2, 0.25) is 0 Å². The molecule has 0 aliphatic rings. The van der Waals surface area contributed by atoms with Crippen molar-refractivity contribution in [2.24, 2.45) is 0 Å². The average Bonchev–Trinajstić information content (AvgIpc) is 2.88. The zero-order valence-electron chi connectivity index (χ0n) is 11.5. The molecular formula is C15H20N2O2. The molecule has 4 nitrogen and oxygen atoms in total. The Kier molecular flexibility index (Phi) is 4.98. The molecule has 0 unspecified atom stereocenters. The predicted molar refractivity (Wildman–Crippen MR) is 74.4 cm³/mol. The van der Waals surface area contributed by atoms with Gasteiger partial charge in [-0.15, -0.1) is 0 Å². The quantitative estimate of drug-likeness (QED) is 0.774. The predicted octanol–water partition coefficient (Wildman–Crippen LogP) is 3.53. The summed E-state index contributed by atoms with van der Waals surface area (Å²) in [7, 11) is 0. The number of nitrogens with one attached hydrogen (secondary N) is 1. The molecule has 0 fully saturated rings. The van der Waals surface area contributed by atoms with Crippen LogP contribution in [-0.2, 0) is 13.0 Å². The van der Waals surface area contributed by atoms with Gasteiger partial charge in [-0.3, -0.25) is 0 Å². The zero-order valence-corrected chi connectivity index (χ0v) is 11.5. The molecule has 0 aliphatic carbocycles. The van der Waals surface area contributed by atoms with E-state index in [-0.39, 0.29) is 6.08 Å².